The van der Waals surface area contributed by atoms with Gasteiger partial charge in [0.15, 0.2) is 0 Å². The van der Waals surface area contributed by atoms with E-state index in [0.717, 1.165) is 5.56 Å². The summed E-state index contributed by atoms with van der Waals surface area (Å²) in [6.07, 6.45) is 2.17. The van der Waals surface area contributed by atoms with Crippen molar-refractivity contribution in [3.05, 3.63) is 41.5 Å². The summed E-state index contributed by atoms with van der Waals surface area (Å²) in [4.78, 5) is 12.0. The molecule has 22 heavy (non-hydrogen) atoms. The fraction of sp³-hybridized carbons (Fsp3) is 0.471. The summed E-state index contributed by atoms with van der Waals surface area (Å²) in [7, 11) is 0.921. The molecule has 1 aromatic carbocycles. The SMILES string of the molecule is COC(=O)C(=Cc1ccccc1)CB1OC(C)(C)C(C)(C)O1. The van der Waals surface area contributed by atoms with Crippen LogP contribution in [0.1, 0.15) is 33.3 Å². The van der Waals surface area contributed by atoms with Crippen molar-refractivity contribution in [2.75, 3.05) is 7.11 Å². The van der Waals surface area contributed by atoms with Crippen molar-refractivity contribution in [1.82, 2.24) is 0 Å². The lowest BCUT2D eigenvalue weighted by Gasteiger charge is -2.32. The molecule has 5 heteroatoms. The molecule has 0 spiro atoms. The van der Waals surface area contributed by atoms with Crippen molar-refractivity contribution in [2.24, 2.45) is 0 Å². The van der Waals surface area contributed by atoms with E-state index in [1.54, 1.807) is 0 Å². The van der Waals surface area contributed by atoms with E-state index < -0.39 is 18.3 Å². The van der Waals surface area contributed by atoms with Crippen LogP contribution >= 0.6 is 0 Å². The molecule has 1 saturated heterocycles. The molecule has 1 fully saturated rings. The Morgan fingerprint density at radius 2 is 1.68 bits per heavy atom. The summed E-state index contributed by atoms with van der Waals surface area (Å²) in [6.45, 7) is 7.97. The van der Waals surface area contributed by atoms with Gasteiger partial charge in [0.2, 0.25) is 0 Å². The van der Waals surface area contributed by atoms with Gasteiger partial charge in [-0.25, -0.2) is 4.79 Å². The molecule has 1 aliphatic rings. The van der Waals surface area contributed by atoms with Crippen LogP contribution in [-0.4, -0.2) is 31.4 Å². The van der Waals surface area contributed by atoms with Crippen LogP contribution in [0.4, 0.5) is 0 Å². The summed E-state index contributed by atoms with van der Waals surface area (Å²) < 4.78 is 16.8. The Balaban J connectivity index is 2.19. The van der Waals surface area contributed by atoms with Gasteiger partial charge in [-0.05, 0) is 39.3 Å². The van der Waals surface area contributed by atoms with Gasteiger partial charge in [0.25, 0.3) is 0 Å². The van der Waals surface area contributed by atoms with Crippen LogP contribution in [0.3, 0.4) is 0 Å². The first-order valence-corrected chi connectivity index (χ1v) is 7.45. The average Bonchev–Trinajstić information content (AvgIpc) is 2.66. The van der Waals surface area contributed by atoms with Crippen LogP contribution < -0.4 is 0 Å². The number of ether oxygens (including phenoxy) is 1. The van der Waals surface area contributed by atoms with Gasteiger partial charge in [0.05, 0.1) is 18.3 Å². The Bertz CT molecular complexity index is 547. The van der Waals surface area contributed by atoms with E-state index in [-0.39, 0.29) is 5.97 Å². The van der Waals surface area contributed by atoms with Crippen molar-refractivity contribution < 1.29 is 18.8 Å². The topological polar surface area (TPSA) is 44.8 Å². The number of carbonyl (C=O) groups is 1. The highest BCUT2D eigenvalue weighted by atomic mass is 16.7. The maximum absolute atomic E-state index is 12.0. The minimum atomic E-state index is -0.459. The molecule has 2 rings (SSSR count). The van der Waals surface area contributed by atoms with E-state index in [1.165, 1.54) is 7.11 Å². The minimum absolute atomic E-state index is 0.356. The van der Waals surface area contributed by atoms with Gasteiger partial charge < -0.3 is 14.0 Å². The van der Waals surface area contributed by atoms with E-state index in [4.69, 9.17) is 14.0 Å². The molecule has 0 unspecified atom stereocenters. The van der Waals surface area contributed by atoms with Crippen LogP contribution in [0.15, 0.2) is 35.9 Å². The second-order valence-corrected chi connectivity index (χ2v) is 6.46. The number of methoxy groups -OCH3 is 1. The van der Waals surface area contributed by atoms with Gasteiger partial charge >= 0.3 is 13.1 Å². The van der Waals surface area contributed by atoms with Crippen molar-refractivity contribution in [3.8, 4) is 0 Å². The smallest absolute Gasteiger partial charge is 0.462 e. The predicted octanol–water partition coefficient (Wildman–Crippen LogP) is 3.34. The molecule has 1 aromatic rings. The van der Waals surface area contributed by atoms with Crippen molar-refractivity contribution in [2.45, 2.75) is 45.2 Å². The second-order valence-electron chi connectivity index (χ2n) is 6.46. The van der Waals surface area contributed by atoms with Gasteiger partial charge in [0, 0.05) is 11.9 Å². The van der Waals surface area contributed by atoms with Gasteiger partial charge in [-0.3, -0.25) is 0 Å². The first-order chi connectivity index (χ1) is 10.2. The Labute approximate surface area is 132 Å². The number of rotatable bonds is 4. The lowest BCUT2D eigenvalue weighted by atomic mass is 9.80. The van der Waals surface area contributed by atoms with Crippen LogP contribution in [-0.2, 0) is 18.8 Å². The molecule has 0 amide bonds. The molecule has 0 atom stereocenters. The largest absolute Gasteiger partial charge is 0.466 e. The van der Waals surface area contributed by atoms with Crippen LogP contribution in [0.25, 0.3) is 6.08 Å². The van der Waals surface area contributed by atoms with Gasteiger partial charge in [-0.2, -0.15) is 0 Å². The summed E-state index contributed by atoms with van der Waals surface area (Å²) in [5.41, 5.74) is 0.656. The molecule has 0 N–H and O–H groups in total. The van der Waals surface area contributed by atoms with E-state index >= 15 is 0 Å². The van der Waals surface area contributed by atoms with E-state index in [2.05, 4.69) is 0 Å². The van der Waals surface area contributed by atoms with Gasteiger partial charge in [-0.1, -0.05) is 30.3 Å². The number of carbonyl (C=O) groups excluding carboxylic acids is 1. The first kappa shape index (κ1) is 16.8. The quantitative estimate of drug-likeness (QED) is 0.486. The lowest BCUT2D eigenvalue weighted by Crippen LogP contribution is -2.41. The normalized spacial score (nSPS) is 20.0. The summed E-state index contributed by atoms with van der Waals surface area (Å²) >= 11 is 0. The highest BCUT2D eigenvalue weighted by Crippen LogP contribution is 2.38. The average molecular weight is 302 g/mol. The third-order valence-electron chi connectivity index (χ3n) is 4.28. The minimum Gasteiger partial charge on any atom is -0.466 e. The Morgan fingerprint density at radius 3 is 2.18 bits per heavy atom. The van der Waals surface area contributed by atoms with E-state index in [9.17, 15) is 4.79 Å². The maximum atomic E-state index is 12.0. The molecule has 1 aliphatic heterocycles. The summed E-state index contributed by atoms with van der Waals surface area (Å²) in [6, 6.07) is 9.66. The van der Waals surface area contributed by atoms with Gasteiger partial charge in [0.1, 0.15) is 0 Å². The molecular formula is C17H23BO4. The molecule has 0 radical (unpaired) electrons. The van der Waals surface area contributed by atoms with E-state index in [0.29, 0.717) is 11.9 Å². The Morgan fingerprint density at radius 1 is 1.14 bits per heavy atom. The van der Waals surface area contributed by atoms with Gasteiger partial charge in [-0.15, -0.1) is 0 Å². The maximum Gasteiger partial charge on any atom is 0.462 e. The summed E-state index contributed by atoms with van der Waals surface area (Å²) in [5.74, 6) is -0.362. The monoisotopic (exact) mass is 302 g/mol. The zero-order valence-corrected chi connectivity index (χ0v) is 13.9. The number of esters is 1. The number of benzene rings is 1. The van der Waals surface area contributed by atoms with Crippen molar-refractivity contribution in [3.63, 3.8) is 0 Å². The standard InChI is InChI=1S/C17H23BO4/c1-16(2)17(3,4)22-18(21-16)12-14(15(19)20-5)11-13-9-7-6-8-10-13/h6-11H,12H2,1-5H3. The van der Waals surface area contributed by atoms with Crippen LogP contribution in [0.5, 0.6) is 0 Å². The Hall–Kier alpha value is -1.59. The molecule has 0 aromatic heterocycles. The molecule has 0 saturated carbocycles. The summed E-state index contributed by atoms with van der Waals surface area (Å²) in [5, 5.41) is 0. The lowest BCUT2D eigenvalue weighted by molar-refractivity contribution is -0.135. The zero-order chi connectivity index (χ0) is 16.4. The second kappa shape index (κ2) is 6.27. The van der Waals surface area contributed by atoms with E-state index in [1.807, 2.05) is 64.1 Å². The highest BCUT2D eigenvalue weighted by Gasteiger charge is 2.51. The molecule has 0 bridgehead atoms. The molecular weight excluding hydrogens is 279 g/mol. The number of hydrogen-bond acceptors (Lipinski definition) is 4. The molecule has 4 nitrogen and oxygen atoms in total. The molecule has 118 valence electrons. The van der Waals surface area contributed by atoms with Crippen LogP contribution in [0.2, 0.25) is 6.32 Å². The van der Waals surface area contributed by atoms with Crippen molar-refractivity contribution >= 4 is 19.2 Å². The third kappa shape index (κ3) is 3.59. The third-order valence-corrected chi connectivity index (χ3v) is 4.28. The molecule has 0 aliphatic carbocycles. The van der Waals surface area contributed by atoms with Crippen LogP contribution in [0, 0.1) is 0 Å². The zero-order valence-electron chi connectivity index (χ0n) is 13.9. The fourth-order valence-electron chi connectivity index (χ4n) is 2.31. The van der Waals surface area contributed by atoms with Crippen molar-refractivity contribution in [1.29, 1.82) is 0 Å². The molecule has 1 heterocycles. The highest BCUT2D eigenvalue weighted by molar-refractivity contribution is 6.47. The number of hydrogen-bond donors (Lipinski definition) is 0. The Kier molecular flexibility index (Phi) is 4.78. The fourth-order valence-corrected chi connectivity index (χ4v) is 2.31. The first-order valence-electron chi connectivity index (χ1n) is 7.45. The predicted molar refractivity (Wildman–Crippen MR) is 87.3 cm³/mol.